The molecule has 5 rings (SSSR count). The highest BCUT2D eigenvalue weighted by molar-refractivity contribution is 6.30. The first-order valence-corrected chi connectivity index (χ1v) is 11.0. The summed E-state index contributed by atoms with van der Waals surface area (Å²) in [6, 6.07) is 17.8. The molecule has 0 radical (unpaired) electrons. The minimum atomic E-state index is -0.512. The third-order valence-electron chi connectivity index (χ3n) is 5.58. The number of carbonyl (C=O) groups is 1. The lowest BCUT2D eigenvalue weighted by Gasteiger charge is -2.28. The van der Waals surface area contributed by atoms with E-state index in [2.05, 4.69) is 20.6 Å². The normalized spacial score (nSPS) is 14.9. The van der Waals surface area contributed by atoms with Gasteiger partial charge >= 0.3 is 0 Å². The zero-order valence-corrected chi connectivity index (χ0v) is 19.2. The molecule has 8 nitrogen and oxygen atoms in total. The van der Waals surface area contributed by atoms with Crippen LogP contribution < -0.4 is 15.4 Å². The smallest absolute Gasteiger partial charge is 0.255 e. The van der Waals surface area contributed by atoms with E-state index in [1.54, 1.807) is 48.5 Å². The van der Waals surface area contributed by atoms with Crippen molar-refractivity contribution in [3.63, 3.8) is 0 Å². The maximum Gasteiger partial charge on any atom is 0.255 e. The Balaban J connectivity index is 1.58. The molecule has 2 aromatic heterocycles. The molecule has 2 N–H and O–H groups in total. The fraction of sp³-hybridized carbons (Fsp3) is 0.120. The Morgan fingerprint density at radius 2 is 1.82 bits per heavy atom. The summed E-state index contributed by atoms with van der Waals surface area (Å²) < 4.78 is 7.12. The Morgan fingerprint density at radius 1 is 1.09 bits per heavy atom. The number of hydrogen-bond acceptors (Lipinski definition) is 6. The van der Waals surface area contributed by atoms with E-state index in [0.29, 0.717) is 39.5 Å². The molecular formula is C25H21ClN6O2. The maximum absolute atomic E-state index is 13.6. The highest BCUT2D eigenvalue weighted by Crippen LogP contribution is 2.37. The molecule has 4 aromatic rings. The van der Waals surface area contributed by atoms with Crippen LogP contribution in [0, 0.1) is 0 Å². The quantitative estimate of drug-likeness (QED) is 0.427. The van der Waals surface area contributed by atoms with Crippen molar-refractivity contribution >= 4 is 29.1 Å². The fourth-order valence-electron chi connectivity index (χ4n) is 3.96. The topological polar surface area (TPSA) is 94.0 Å². The summed E-state index contributed by atoms with van der Waals surface area (Å²) in [6.07, 6.45) is 3.39. The molecule has 0 spiro atoms. The summed E-state index contributed by atoms with van der Waals surface area (Å²) in [5, 5.41) is 11.6. The van der Waals surface area contributed by atoms with Crippen LogP contribution >= 0.6 is 11.6 Å². The van der Waals surface area contributed by atoms with E-state index >= 15 is 0 Å². The Labute approximate surface area is 201 Å². The molecule has 170 valence electrons. The molecule has 0 saturated carbocycles. The number of rotatable bonds is 5. The van der Waals surface area contributed by atoms with E-state index in [0.717, 1.165) is 11.1 Å². The molecule has 1 aliphatic heterocycles. The number of nitrogens with one attached hydrogen (secondary N) is 2. The first-order valence-electron chi connectivity index (χ1n) is 10.6. The van der Waals surface area contributed by atoms with Crippen molar-refractivity contribution in [2.75, 3.05) is 17.7 Å². The van der Waals surface area contributed by atoms with Crippen LogP contribution in [0.5, 0.6) is 5.75 Å². The third-order valence-corrected chi connectivity index (χ3v) is 5.83. The molecule has 0 aliphatic carbocycles. The van der Waals surface area contributed by atoms with Gasteiger partial charge in [0.05, 0.1) is 18.4 Å². The number of carbonyl (C=O) groups excluding carboxylic acids is 1. The van der Waals surface area contributed by atoms with Crippen molar-refractivity contribution in [2.45, 2.75) is 13.0 Å². The SMILES string of the molecule is COc1ccccc1NC(=O)C1=C(C)Nc2nc(-c3ccc(Cl)cc3)nn2[C@@H]1c1ccncc1. The standard InChI is InChI=1S/C25H21ClN6O2/c1-15-21(24(33)29-19-5-3-4-6-20(19)34-2)22(16-11-13-27-14-12-16)32-25(28-15)30-23(31-32)17-7-9-18(26)10-8-17/h3-14,22H,1-2H3,(H,29,33)(H,28,30,31)/t22-/m1/s1. The van der Waals surface area contributed by atoms with Crippen LogP contribution in [0.4, 0.5) is 11.6 Å². The number of para-hydroxylation sites is 2. The number of amides is 1. The molecule has 9 heteroatoms. The van der Waals surface area contributed by atoms with E-state index in [9.17, 15) is 4.79 Å². The third kappa shape index (κ3) is 3.99. The van der Waals surface area contributed by atoms with E-state index in [1.165, 1.54) is 0 Å². The number of hydrogen-bond donors (Lipinski definition) is 2. The number of aromatic nitrogens is 4. The van der Waals surface area contributed by atoms with Crippen LogP contribution in [-0.2, 0) is 4.79 Å². The van der Waals surface area contributed by atoms with Gasteiger partial charge in [0.15, 0.2) is 5.82 Å². The predicted molar refractivity (Wildman–Crippen MR) is 131 cm³/mol. The number of ether oxygens (including phenoxy) is 1. The lowest BCUT2D eigenvalue weighted by molar-refractivity contribution is -0.113. The number of nitrogens with zero attached hydrogens (tertiary/aromatic N) is 4. The van der Waals surface area contributed by atoms with E-state index in [1.807, 2.05) is 43.3 Å². The van der Waals surface area contributed by atoms with Crippen molar-refractivity contribution in [3.8, 4) is 17.1 Å². The zero-order chi connectivity index (χ0) is 23.7. The molecule has 2 aromatic carbocycles. The zero-order valence-electron chi connectivity index (χ0n) is 18.5. The second-order valence-corrected chi connectivity index (χ2v) is 8.15. The molecule has 1 amide bonds. The van der Waals surface area contributed by atoms with Gasteiger partial charge in [0.2, 0.25) is 5.95 Å². The second-order valence-electron chi connectivity index (χ2n) is 7.71. The number of fused-ring (bicyclic) bond motifs is 1. The van der Waals surface area contributed by atoms with Gasteiger partial charge in [-0.3, -0.25) is 9.78 Å². The van der Waals surface area contributed by atoms with Crippen LogP contribution in [0.25, 0.3) is 11.4 Å². The molecule has 0 bridgehead atoms. The average molecular weight is 473 g/mol. The highest BCUT2D eigenvalue weighted by Gasteiger charge is 2.34. The Hall–Kier alpha value is -4.17. The molecule has 34 heavy (non-hydrogen) atoms. The molecule has 1 aliphatic rings. The number of pyridine rings is 1. The first-order chi connectivity index (χ1) is 16.5. The largest absolute Gasteiger partial charge is 0.495 e. The molecule has 1 atom stereocenters. The highest BCUT2D eigenvalue weighted by atomic mass is 35.5. The van der Waals surface area contributed by atoms with Crippen LogP contribution in [0.15, 0.2) is 84.3 Å². The van der Waals surface area contributed by atoms with Crippen molar-refractivity contribution in [2.24, 2.45) is 0 Å². The number of anilines is 2. The monoisotopic (exact) mass is 472 g/mol. The Kier molecular flexibility index (Phi) is 5.73. The first kappa shape index (κ1) is 21.7. The van der Waals surface area contributed by atoms with Crippen molar-refractivity contribution in [1.29, 1.82) is 0 Å². The molecular weight excluding hydrogens is 452 g/mol. The van der Waals surface area contributed by atoms with E-state index in [4.69, 9.17) is 21.4 Å². The van der Waals surface area contributed by atoms with E-state index < -0.39 is 6.04 Å². The molecule has 0 unspecified atom stereocenters. The number of allylic oxidation sites excluding steroid dienone is 1. The minimum absolute atomic E-state index is 0.273. The van der Waals surface area contributed by atoms with Crippen LogP contribution in [-0.4, -0.2) is 32.8 Å². The summed E-state index contributed by atoms with van der Waals surface area (Å²) in [7, 11) is 1.57. The summed E-state index contributed by atoms with van der Waals surface area (Å²) in [5.41, 5.74) is 3.44. The lowest BCUT2D eigenvalue weighted by Crippen LogP contribution is -2.31. The number of halogens is 1. The second kappa shape index (κ2) is 8.99. The minimum Gasteiger partial charge on any atom is -0.495 e. The molecule has 0 saturated heterocycles. The van der Waals surface area contributed by atoms with Gasteiger partial charge in [0.1, 0.15) is 11.8 Å². The summed E-state index contributed by atoms with van der Waals surface area (Å²) in [6.45, 7) is 1.85. The van der Waals surface area contributed by atoms with Gasteiger partial charge in [-0.25, -0.2) is 4.68 Å². The summed E-state index contributed by atoms with van der Waals surface area (Å²) in [4.78, 5) is 22.4. The lowest BCUT2D eigenvalue weighted by atomic mass is 9.96. The average Bonchev–Trinajstić information content (AvgIpc) is 3.28. The van der Waals surface area contributed by atoms with Crippen LogP contribution in [0.3, 0.4) is 0 Å². The van der Waals surface area contributed by atoms with Gasteiger partial charge in [-0.15, -0.1) is 5.10 Å². The summed E-state index contributed by atoms with van der Waals surface area (Å²) >= 11 is 6.04. The van der Waals surface area contributed by atoms with Gasteiger partial charge in [-0.1, -0.05) is 23.7 Å². The summed E-state index contributed by atoms with van der Waals surface area (Å²) in [5.74, 6) is 1.37. The van der Waals surface area contributed by atoms with Crippen molar-refractivity contribution in [1.82, 2.24) is 19.7 Å². The van der Waals surface area contributed by atoms with Crippen molar-refractivity contribution in [3.05, 3.63) is 94.9 Å². The van der Waals surface area contributed by atoms with Gasteiger partial charge in [-0.05, 0) is 61.0 Å². The Bertz CT molecular complexity index is 1380. The fourth-order valence-corrected chi connectivity index (χ4v) is 4.08. The van der Waals surface area contributed by atoms with Gasteiger partial charge < -0.3 is 15.4 Å². The van der Waals surface area contributed by atoms with Gasteiger partial charge in [0.25, 0.3) is 5.91 Å². The van der Waals surface area contributed by atoms with Gasteiger partial charge in [-0.2, -0.15) is 4.98 Å². The predicted octanol–water partition coefficient (Wildman–Crippen LogP) is 4.93. The van der Waals surface area contributed by atoms with E-state index in [-0.39, 0.29) is 5.91 Å². The van der Waals surface area contributed by atoms with Crippen LogP contribution in [0.1, 0.15) is 18.5 Å². The molecule has 0 fully saturated rings. The van der Waals surface area contributed by atoms with Gasteiger partial charge in [0, 0.05) is 28.7 Å². The Morgan fingerprint density at radius 3 is 2.56 bits per heavy atom. The maximum atomic E-state index is 13.6. The van der Waals surface area contributed by atoms with Crippen LogP contribution in [0.2, 0.25) is 5.02 Å². The number of benzene rings is 2. The molecule has 3 heterocycles. The van der Waals surface area contributed by atoms with Crippen molar-refractivity contribution < 1.29 is 9.53 Å². The number of methoxy groups -OCH3 is 1.